The lowest BCUT2D eigenvalue weighted by atomic mass is 10.2. The van der Waals surface area contributed by atoms with Gasteiger partial charge in [-0.15, -0.1) is 0 Å². The zero-order valence-electron chi connectivity index (χ0n) is 22.3. The van der Waals surface area contributed by atoms with Crippen molar-refractivity contribution in [2.45, 2.75) is 65.2 Å². The fourth-order valence-corrected chi connectivity index (χ4v) is 9.22. The monoisotopic (exact) mass is 495 g/mol. The van der Waals surface area contributed by atoms with E-state index < -0.39 is 13.9 Å². The van der Waals surface area contributed by atoms with Gasteiger partial charge in [-0.05, 0) is 43.1 Å². The molecule has 1 atom stereocenters. The maximum atomic E-state index is 12.5. The van der Waals surface area contributed by atoms with Crippen LogP contribution in [0.25, 0.3) is 0 Å². The highest BCUT2D eigenvalue weighted by molar-refractivity contribution is 6.99. The van der Waals surface area contributed by atoms with Gasteiger partial charge in [-0.2, -0.15) is 0 Å². The molecule has 190 valence electrons. The lowest BCUT2D eigenvalue weighted by Crippen LogP contribution is -2.66. The van der Waals surface area contributed by atoms with E-state index in [4.69, 9.17) is 13.9 Å². The molecule has 3 rings (SSSR count). The first-order valence-electron chi connectivity index (χ1n) is 12.4. The molecule has 1 fully saturated rings. The standard InChI is InChI=1S/C29H41NO4Si/c1-23(20-24-21-30(18-19-32-24)27(31)34-28(2,3)4)22-33-35(29(5,6)7,25-14-10-8-11-15-25)26-16-12-9-13-17-26/h8-17,20,24H,18-19,21-22H2,1-7H3/b23-20+/t24-/m0/s1. The highest BCUT2D eigenvalue weighted by Crippen LogP contribution is 2.37. The number of ether oxygens (including phenoxy) is 2. The van der Waals surface area contributed by atoms with E-state index in [1.54, 1.807) is 4.90 Å². The molecular formula is C29H41NO4Si. The van der Waals surface area contributed by atoms with Gasteiger partial charge in [-0.25, -0.2) is 4.79 Å². The van der Waals surface area contributed by atoms with Gasteiger partial charge in [0.2, 0.25) is 0 Å². The molecule has 0 N–H and O–H groups in total. The van der Waals surface area contributed by atoms with Crippen LogP contribution in [-0.4, -0.2) is 57.3 Å². The van der Waals surface area contributed by atoms with E-state index >= 15 is 0 Å². The number of morpholine rings is 1. The Kier molecular flexibility index (Phi) is 8.62. The van der Waals surface area contributed by atoms with Gasteiger partial charge in [0.25, 0.3) is 8.32 Å². The summed E-state index contributed by atoms with van der Waals surface area (Å²) < 4.78 is 18.5. The van der Waals surface area contributed by atoms with Gasteiger partial charge >= 0.3 is 6.09 Å². The van der Waals surface area contributed by atoms with E-state index in [2.05, 4.69) is 94.4 Å². The predicted octanol–water partition coefficient (Wildman–Crippen LogP) is 5.15. The van der Waals surface area contributed by atoms with Gasteiger partial charge in [0.1, 0.15) is 5.60 Å². The first kappa shape index (κ1) is 27.2. The highest BCUT2D eigenvalue weighted by Gasteiger charge is 2.50. The summed E-state index contributed by atoms with van der Waals surface area (Å²) in [4.78, 5) is 14.3. The summed E-state index contributed by atoms with van der Waals surface area (Å²) in [6, 6.07) is 21.3. The summed E-state index contributed by atoms with van der Waals surface area (Å²) in [5, 5.41) is 2.44. The molecule has 0 bridgehead atoms. The summed E-state index contributed by atoms with van der Waals surface area (Å²) in [6.07, 6.45) is 1.62. The number of nitrogens with zero attached hydrogens (tertiary/aromatic N) is 1. The van der Waals surface area contributed by atoms with Crippen molar-refractivity contribution >= 4 is 24.8 Å². The molecule has 0 aliphatic carbocycles. The molecule has 0 saturated carbocycles. The molecule has 0 radical (unpaired) electrons. The number of carbonyl (C=O) groups excluding carboxylic acids is 1. The van der Waals surface area contributed by atoms with Crippen LogP contribution in [0.15, 0.2) is 72.3 Å². The molecule has 6 heteroatoms. The van der Waals surface area contributed by atoms with E-state index in [1.807, 2.05) is 20.8 Å². The first-order valence-corrected chi connectivity index (χ1v) is 14.3. The third kappa shape index (κ3) is 6.84. The van der Waals surface area contributed by atoms with Crippen molar-refractivity contribution < 1.29 is 18.7 Å². The van der Waals surface area contributed by atoms with Crippen molar-refractivity contribution in [3.05, 3.63) is 72.3 Å². The highest BCUT2D eigenvalue weighted by atomic mass is 28.4. The first-order chi connectivity index (χ1) is 16.4. The van der Waals surface area contributed by atoms with Crippen LogP contribution in [0.5, 0.6) is 0 Å². The summed E-state index contributed by atoms with van der Waals surface area (Å²) in [5.74, 6) is 0. The molecule has 1 heterocycles. The van der Waals surface area contributed by atoms with E-state index in [9.17, 15) is 4.79 Å². The van der Waals surface area contributed by atoms with Crippen molar-refractivity contribution in [1.29, 1.82) is 0 Å². The van der Waals surface area contributed by atoms with E-state index in [0.717, 1.165) is 5.57 Å². The summed E-state index contributed by atoms with van der Waals surface area (Å²) in [6.45, 7) is 16.6. The van der Waals surface area contributed by atoms with Gasteiger partial charge in [0, 0.05) is 6.54 Å². The summed E-state index contributed by atoms with van der Waals surface area (Å²) >= 11 is 0. The molecule has 1 amide bonds. The number of carbonyl (C=O) groups is 1. The van der Waals surface area contributed by atoms with Crippen LogP contribution in [0.4, 0.5) is 4.79 Å². The second-order valence-electron chi connectivity index (χ2n) is 11.3. The minimum atomic E-state index is -2.60. The van der Waals surface area contributed by atoms with Gasteiger partial charge in [-0.1, -0.05) is 93.1 Å². The Hall–Kier alpha value is -2.41. The Morgan fingerprint density at radius 2 is 1.54 bits per heavy atom. The van der Waals surface area contributed by atoms with Gasteiger partial charge in [0.05, 0.1) is 25.9 Å². The molecule has 1 aliphatic heterocycles. The quantitative estimate of drug-likeness (QED) is 0.411. The van der Waals surface area contributed by atoms with Crippen LogP contribution >= 0.6 is 0 Å². The number of hydrogen-bond acceptors (Lipinski definition) is 4. The minimum Gasteiger partial charge on any atom is -0.444 e. The second-order valence-corrected chi connectivity index (χ2v) is 15.6. The summed E-state index contributed by atoms with van der Waals surface area (Å²) in [5.41, 5.74) is 0.578. The Bertz CT molecular complexity index is 953. The maximum absolute atomic E-state index is 12.5. The molecule has 5 nitrogen and oxygen atoms in total. The van der Waals surface area contributed by atoms with Crippen LogP contribution in [0.3, 0.4) is 0 Å². The Labute approximate surface area is 212 Å². The third-order valence-electron chi connectivity index (χ3n) is 6.15. The lowest BCUT2D eigenvalue weighted by molar-refractivity contribution is -0.0266. The zero-order valence-corrected chi connectivity index (χ0v) is 23.3. The average Bonchev–Trinajstić information content (AvgIpc) is 2.79. The van der Waals surface area contributed by atoms with Crippen molar-refractivity contribution in [1.82, 2.24) is 4.90 Å². The zero-order chi connectivity index (χ0) is 25.7. The summed E-state index contributed by atoms with van der Waals surface area (Å²) in [7, 11) is -2.60. The van der Waals surface area contributed by atoms with Crippen LogP contribution in [0.2, 0.25) is 5.04 Å². The Morgan fingerprint density at radius 1 is 1.00 bits per heavy atom. The second kappa shape index (κ2) is 11.1. The predicted molar refractivity (Wildman–Crippen MR) is 145 cm³/mol. The minimum absolute atomic E-state index is 0.0785. The molecule has 1 aliphatic rings. The molecular weight excluding hydrogens is 454 g/mol. The van der Waals surface area contributed by atoms with Crippen molar-refractivity contribution in [2.24, 2.45) is 0 Å². The van der Waals surface area contributed by atoms with E-state index in [1.165, 1.54) is 10.4 Å². The fourth-order valence-electron chi connectivity index (χ4n) is 4.62. The lowest BCUT2D eigenvalue weighted by Gasteiger charge is -2.43. The number of benzene rings is 2. The number of hydrogen-bond donors (Lipinski definition) is 0. The molecule has 2 aromatic carbocycles. The Morgan fingerprint density at radius 3 is 2.03 bits per heavy atom. The van der Waals surface area contributed by atoms with E-state index in [-0.39, 0.29) is 17.2 Å². The van der Waals surface area contributed by atoms with Crippen LogP contribution in [0.1, 0.15) is 48.5 Å². The average molecular weight is 496 g/mol. The van der Waals surface area contributed by atoms with Crippen LogP contribution < -0.4 is 10.4 Å². The maximum Gasteiger partial charge on any atom is 0.410 e. The van der Waals surface area contributed by atoms with Crippen molar-refractivity contribution in [3.63, 3.8) is 0 Å². The molecule has 2 aromatic rings. The SMILES string of the molecule is C/C(=C\[C@H]1CN(C(=O)OC(C)(C)C)CCO1)CO[Si](c1ccccc1)(c1ccccc1)C(C)(C)C. The molecule has 0 unspecified atom stereocenters. The number of amides is 1. The van der Waals surface area contributed by atoms with Gasteiger partial charge in [0.15, 0.2) is 0 Å². The van der Waals surface area contributed by atoms with Crippen LogP contribution in [-0.2, 0) is 13.9 Å². The molecule has 0 aromatic heterocycles. The molecule has 0 spiro atoms. The van der Waals surface area contributed by atoms with E-state index in [0.29, 0.717) is 26.3 Å². The molecule has 1 saturated heterocycles. The van der Waals surface area contributed by atoms with Crippen molar-refractivity contribution in [3.8, 4) is 0 Å². The molecule has 35 heavy (non-hydrogen) atoms. The fraction of sp³-hybridized carbons (Fsp3) is 0.483. The topological polar surface area (TPSA) is 48.0 Å². The number of rotatable bonds is 6. The smallest absolute Gasteiger partial charge is 0.410 e. The largest absolute Gasteiger partial charge is 0.444 e. The third-order valence-corrected chi connectivity index (χ3v) is 11.1. The normalized spacial score (nSPS) is 17.9. The van der Waals surface area contributed by atoms with Gasteiger partial charge in [-0.3, -0.25) is 0 Å². The van der Waals surface area contributed by atoms with Gasteiger partial charge < -0.3 is 18.8 Å². The Balaban J connectivity index is 1.82. The van der Waals surface area contributed by atoms with Crippen LogP contribution in [0, 0.1) is 0 Å². The van der Waals surface area contributed by atoms with Crippen molar-refractivity contribution in [2.75, 3.05) is 26.3 Å².